The molecule has 1 amide bonds. The van der Waals surface area contributed by atoms with Gasteiger partial charge in [0.1, 0.15) is 6.26 Å². The standard InChI is InChI=1S/C16H15NO6/c18-15(14-7-11(9-23-14)16(19)20)17-8-10-2-3-12-13(6-10)22-5-1-4-21-12/h2-3,6-7,9H,1,4-5,8H2,(H,17,18)(H,19,20). The highest BCUT2D eigenvalue weighted by atomic mass is 16.5. The van der Waals surface area contributed by atoms with E-state index in [1.165, 1.54) is 6.07 Å². The number of hydrogen-bond donors (Lipinski definition) is 2. The molecule has 0 fully saturated rings. The van der Waals surface area contributed by atoms with Gasteiger partial charge in [-0.3, -0.25) is 4.79 Å². The molecule has 2 heterocycles. The third-order valence-electron chi connectivity index (χ3n) is 3.34. The molecule has 0 unspecified atom stereocenters. The normalized spacial score (nSPS) is 13.2. The summed E-state index contributed by atoms with van der Waals surface area (Å²) < 4.78 is 16.1. The van der Waals surface area contributed by atoms with Gasteiger partial charge in [0.05, 0.1) is 18.8 Å². The maximum absolute atomic E-state index is 11.9. The molecule has 0 aliphatic carbocycles. The van der Waals surface area contributed by atoms with Crippen LogP contribution >= 0.6 is 0 Å². The first-order valence-electron chi connectivity index (χ1n) is 7.12. The summed E-state index contributed by atoms with van der Waals surface area (Å²) in [7, 11) is 0. The molecule has 0 radical (unpaired) electrons. The summed E-state index contributed by atoms with van der Waals surface area (Å²) in [4.78, 5) is 22.7. The number of carbonyl (C=O) groups is 2. The molecule has 1 aliphatic heterocycles. The summed E-state index contributed by atoms with van der Waals surface area (Å²) in [6, 6.07) is 6.63. The van der Waals surface area contributed by atoms with Crippen LogP contribution in [0.5, 0.6) is 11.5 Å². The third-order valence-corrected chi connectivity index (χ3v) is 3.34. The maximum Gasteiger partial charge on any atom is 0.338 e. The van der Waals surface area contributed by atoms with Crippen molar-refractivity contribution in [2.24, 2.45) is 0 Å². The summed E-state index contributed by atoms with van der Waals surface area (Å²) in [5.41, 5.74) is 0.776. The zero-order valence-corrected chi connectivity index (χ0v) is 12.2. The highest BCUT2D eigenvalue weighted by Crippen LogP contribution is 2.30. The van der Waals surface area contributed by atoms with Crippen molar-refractivity contribution < 1.29 is 28.6 Å². The van der Waals surface area contributed by atoms with Crippen LogP contribution in [0.2, 0.25) is 0 Å². The summed E-state index contributed by atoms with van der Waals surface area (Å²) >= 11 is 0. The lowest BCUT2D eigenvalue weighted by molar-refractivity contribution is 0.0696. The number of amides is 1. The Bertz CT molecular complexity index is 736. The van der Waals surface area contributed by atoms with Crippen LogP contribution in [0.25, 0.3) is 0 Å². The van der Waals surface area contributed by atoms with Gasteiger partial charge < -0.3 is 24.3 Å². The monoisotopic (exact) mass is 317 g/mol. The van der Waals surface area contributed by atoms with Crippen LogP contribution in [0.3, 0.4) is 0 Å². The van der Waals surface area contributed by atoms with Crippen LogP contribution < -0.4 is 14.8 Å². The number of ether oxygens (including phenoxy) is 2. The van der Waals surface area contributed by atoms with Gasteiger partial charge >= 0.3 is 5.97 Å². The van der Waals surface area contributed by atoms with Crippen LogP contribution in [-0.4, -0.2) is 30.2 Å². The minimum atomic E-state index is -1.14. The van der Waals surface area contributed by atoms with Crippen molar-refractivity contribution in [3.05, 3.63) is 47.4 Å². The molecule has 120 valence electrons. The second-order valence-corrected chi connectivity index (χ2v) is 5.02. The first-order chi connectivity index (χ1) is 11.1. The van der Waals surface area contributed by atoms with Crippen LogP contribution in [0, 0.1) is 0 Å². The first kappa shape index (κ1) is 15.0. The zero-order valence-electron chi connectivity index (χ0n) is 12.2. The van der Waals surface area contributed by atoms with Gasteiger partial charge in [0.15, 0.2) is 17.3 Å². The highest BCUT2D eigenvalue weighted by Gasteiger charge is 2.15. The fourth-order valence-corrected chi connectivity index (χ4v) is 2.15. The number of hydrogen-bond acceptors (Lipinski definition) is 5. The van der Waals surface area contributed by atoms with Gasteiger partial charge in [-0.1, -0.05) is 6.07 Å². The molecule has 0 saturated carbocycles. The molecule has 2 N–H and O–H groups in total. The molecule has 2 aromatic rings. The van der Waals surface area contributed by atoms with Crippen molar-refractivity contribution in [1.29, 1.82) is 0 Å². The lowest BCUT2D eigenvalue weighted by Gasteiger charge is -2.09. The average Bonchev–Trinajstić information content (AvgIpc) is 2.93. The van der Waals surface area contributed by atoms with Gasteiger partial charge in [0, 0.05) is 19.0 Å². The summed E-state index contributed by atoms with van der Waals surface area (Å²) in [6.45, 7) is 1.47. The Labute approximate surface area is 131 Å². The predicted octanol–water partition coefficient (Wildman–Crippen LogP) is 2.07. The zero-order chi connectivity index (χ0) is 16.2. The van der Waals surface area contributed by atoms with Gasteiger partial charge in [0.25, 0.3) is 5.91 Å². The van der Waals surface area contributed by atoms with Crippen molar-refractivity contribution in [3.63, 3.8) is 0 Å². The molecule has 7 nitrogen and oxygen atoms in total. The molecular weight excluding hydrogens is 302 g/mol. The van der Waals surface area contributed by atoms with Gasteiger partial charge in [-0.15, -0.1) is 0 Å². The van der Waals surface area contributed by atoms with Crippen LogP contribution in [0.1, 0.15) is 32.9 Å². The molecule has 3 rings (SSSR count). The van der Waals surface area contributed by atoms with E-state index in [4.69, 9.17) is 19.0 Å². The van der Waals surface area contributed by atoms with Gasteiger partial charge in [-0.05, 0) is 17.7 Å². The number of carboxylic acid groups (broad SMARTS) is 1. The molecule has 1 aromatic heterocycles. The summed E-state index contributed by atoms with van der Waals surface area (Å²) in [6.07, 6.45) is 1.86. The van der Waals surface area contributed by atoms with Crippen molar-refractivity contribution in [1.82, 2.24) is 5.32 Å². The Balaban J connectivity index is 1.64. The fraction of sp³-hybridized carbons (Fsp3) is 0.250. The first-order valence-corrected chi connectivity index (χ1v) is 7.12. The molecule has 7 heteroatoms. The van der Waals surface area contributed by atoms with E-state index in [9.17, 15) is 9.59 Å². The van der Waals surface area contributed by atoms with Gasteiger partial charge in [-0.2, -0.15) is 0 Å². The molecule has 23 heavy (non-hydrogen) atoms. The van der Waals surface area contributed by atoms with Gasteiger partial charge in [-0.25, -0.2) is 4.79 Å². The Morgan fingerprint density at radius 1 is 1.13 bits per heavy atom. The largest absolute Gasteiger partial charge is 0.490 e. The fourth-order valence-electron chi connectivity index (χ4n) is 2.15. The van der Waals surface area contributed by atoms with E-state index in [1.54, 1.807) is 6.07 Å². The third kappa shape index (κ3) is 3.45. The van der Waals surface area contributed by atoms with Crippen molar-refractivity contribution in [2.75, 3.05) is 13.2 Å². The van der Waals surface area contributed by atoms with Crippen molar-refractivity contribution >= 4 is 11.9 Å². The average molecular weight is 317 g/mol. The number of rotatable bonds is 4. The Morgan fingerprint density at radius 2 is 1.91 bits per heavy atom. The Morgan fingerprint density at radius 3 is 2.65 bits per heavy atom. The SMILES string of the molecule is O=C(O)c1coc(C(=O)NCc2ccc3c(c2)OCCCO3)c1. The van der Waals surface area contributed by atoms with E-state index in [1.807, 2.05) is 12.1 Å². The van der Waals surface area contributed by atoms with E-state index >= 15 is 0 Å². The quantitative estimate of drug-likeness (QED) is 0.896. The van der Waals surface area contributed by atoms with Crippen molar-refractivity contribution in [3.8, 4) is 11.5 Å². The highest BCUT2D eigenvalue weighted by molar-refractivity contribution is 5.95. The van der Waals surface area contributed by atoms with Crippen LogP contribution in [0.4, 0.5) is 0 Å². The number of nitrogens with one attached hydrogen (secondary N) is 1. The smallest absolute Gasteiger partial charge is 0.338 e. The molecular formula is C16H15NO6. The van der Waals surface area contributed by atoms with Crippen LogP contribution in [0.15, 0.2) is 34.9 Å². The second kappa shape index (κ2) is 6.43. The topological polar surface area (TPSA) is 98.0 Å². The van der Waals surface area contributed by atoms with Crippen molar-refractivity contribution in [2.45, 2.75) is 13.0 Å². The number of carbonyl (C=O) groups excluding carboxylic acids is 1. The van der Waals surface area contributed by atoms with E-state index in [0.29, 0.717) is 24.7 Å². The Kier molecular flexibility index (Phi) is 4.18. The van der Waals surface area contributed by atoms with E-state index < -0.39 is 11.9 Å². The molecule has 0 atom stereocenters. The number of fused-ring (bicyclic) bond motifs is 1. The summed E-state index contributed by atoms with van der Waals surface area (Å²) in [5.74, 6) is -0.327. The molecule has 1 aliphatic rings. The number of aromatic carboxylic acids is 1. The van der Waals surface area contributed by atoms with Crippen LogP contribution in [-0.2, 0) is 6.54 Å². The second-order valence-electron chi connectivity index (χ2n) is 5.02. The maximum atomic E-state index is 11.9. The van der Waals surface area contributed by atoms with E-state index in [-0.39, 0.29) is 17.9 Å². The molecule has 0 saturated heterocycles. The lowest BCUT2D eigenvalue weighted by atomic mass is 10.2. The molecule has 0 bridgehead atoms. The van der Waals surface area contributed by atoms with E-state index in [0.717, 1.165) is 18.2 Å². The number of benzene rings is 1. The lowest BCUT2D eigenvalue weighted by Crippen LogP contribution is -2.22. The number of furan rings is 1. The Hall–Kier alpha value is -2.96. The predicted molar refractivity (Wildman–Crippen MR) is 78.9 cm³/mol. The minimum absolute atomic E-state index is 0.0447. The number of carboxylic acids is 1. The summed E-state index contributed by atoms with van der Waals surface area (Å²) in [5, 5.41) is 11.5. The molecule has 1 aromatic carbocycles. The van der Waals surface area contributed by atoms with Gasteiger partial charge in [0.2, 0.25) is 0 Å². The molecule has 0 spiro atoms. The minimum Gasteiger partial charge on any atom is -0.490 e. The van der Waals surface area contributed by atoms with E-state index in [2.05, 4.69) is 5.32 Å².